The average molecular weight is 455 g/mol. The first-order chi connectivity index (χ1) is 15.4. The number of alkyl halides is 2. The van der Waals surface area contributed by atoms with Gasteiger partial charge in [-0.25, -0.2) is 9.98 Å². The van der Waals surface area contributed by atoms with Crippen LogP contribution < -0.4 is 16.0 Å². The van der Waals surface area contributed by atoms with E-state index in [1.807, 2.05) is 0 Å². The lowest BCUT2D eigenvalue weighted by Crippen LogP contribution is -2.42. The number of carbonyl (C=O) groups is 1. The smallest absolute Gasteiger partial charge is 0.345 e. The van der Waals surface area contributed by atoms with Gasteiger partial charge >= 0.3 is 6.61 Å². The molecular weight excluding hydrogens is 422 g/mol. The van der Waals surface area contributed by atoms with E-state index in [4.69, 9.17) is 0 Å². The maximum Gasteiger partial charge on any atom is 0.345 e. The number of halogens is 2. The van der Waals surface area contributed by atoms with Crippen molar-refractivity contribution in [3.63, 3.8) is 0 Å². The summed E-state index contributed by atoms with van der Waals surface area (Å²) in [5.74, 6) is 0.314. The second-order valence-corrected chi connectivity index (χ2v) is 8.41. The van der Waals surface area contributed by atoms with E-state index in [1.165, 1.54) is 6.20 Å². The average Bonchev–Trinajstić information content (AvgIpc) is 2.78. The lowest BCUT2D eigenvalue weighted by molar-refractivity contribution is -0.130. The molecule has 0 bridgehead atoms. The quantitative estimate of drug-likeness (QED) is 0.422. The predicted molar refractivity (Wildman–Crippen MR) is 117 cm³/mol. The monoisotopic (exact) mass is 454 g/mol. The molecule has 1 aromatic rings. The normalized spacial score (nSPS) is 23.4. The van der Waals surface area contributed by atoms with E-state index in [2.05, 4.69) is 35.6 Å². The van der Waals surface area contributed by atoms with Gasteiger partial charge in [-0.05, 0) is 64.5 Å². The van der Waals surface area contributed by atoms with E-state index in [0.29, 0.717) is 0 Å². The molecule has 0 unspecified atom stereocenters. The second-order valence-electron chi connectivity index (χ2n) is 8.41. The molecular formula is C21H32F2N6O3. The minimum absolute atomic E-state index is 0.0738. The van der Waals surface area contributed by atoms with Gasteiger partial charge in [-0.2, -0.15) is 13.8 Å². The Morgan fingerprint density at radius 1 is 1.31 bits per heavy atom. The molecule has 32 heavy (non-hydrogen) atoms. The Balaban J connectivity index is 1.73. The van der Waals surface area contributed by atoms with Crippen molar-refractivity contribution in [3.05, 3.63) is 11.8 Å². The van der Waals surface area contributed by atoms with Gasteiger partial charge in [0.1, 0.15) is 5.56 Å². The molecule has 1 saturated carbocycles. The fourth-order valence-corrected chi connectivity index (χ4v) is 3.84. The molecule has 1 saturated heterocycles. The first-order valence-electron chi connectivity index (χ1n) is 11.2. The Labute approximate surface area is 186 Å². The van der Waals surface area contributed by atoms with Crippen LogP contribution in [0.5, 0.6) is 0 Å². The highest BCUT2D eigenvalue weighted by molar-refractivity contribution is 5.98. The number of nitrogens with one attached hydrogen (secondary N) is 3. The SMILES string of the molecule is C[C@@H](COC(F)F)Nc1ncc(C(=O)NC2CCNCC2)c(N=CC2CCC(O)CC2)n1. The van der Waals surface area contributed by atoms with Crippen molar-refractivity contribution < 1.29 is 23.4 Å². The van der Waals surface area contributed by atoms with E-state index in [-0.39, 0.29) is 47.9 Å². The molecule has 9 nitrogen and oxygen atoms in total. The van der Waals surface area contributed by atoms with Crippen molar-refractivity contribution in [1.82, 2.24) is 20.6 Å². The molecule has 0 spiro atoms. The molecule has 2 fully saturated rings. The predicted octanol–water partition coefficient (Wildman–Crippen LogP) is 2.25. The number of amides is 1. The van der Waals surface area contributed by atoms with Crippen LogP contribution in [0.1, 0.15) is 55.8 Å². The molecule has 1 aliphatic heterocycles. The van der Waals surface area contributed by atoms with Crippen molar-refractivity contribution in [3.8, 4) is 0 Å². The molecule has 3 rings (SSSR count). The van der Waals surface area contributed by atoms with Gasteiger partial charge in [0.05, 0.1) is 12.7 Å². The molecule has 2 heterocycles. The number of piperidine rings is 1. The van der Waals surface area contributed by atoms with E-state index in [9.17, 15) is 18.7 Å². The first kappa shape index (κ1) is 24.4. The molecule has 2 aliphatic rings. The van der Waals surface area contributed by atoms with E-state index in [0.717, 1.165) is 51.6 Å². The van der Waals surface area contributed by atoms with Gasteiger partial charge in [-0.15, -0.1) is 0 Å². The summed E-state index contributed by atoms with van der Waals surface area (Å²) in [6.07, 6.45) is 7.69. The van der Waals surface area contributed by atoms with Gasteiger partial charge < -0.3 is 25.8 Å². The zero-order valence-corrected chi connectivity index (χ0v) is 18.3. The zero-order valence-electron chi connectivity index (χ0n) is 18.3. The first-order valence-corrected chi connectivity index (χ1v) is 11.2. The lowest BCUT2D eigenvalue weighted by Gasteiger charge is -2.24. The summed E-state index contributed by atoms with van der Waals surface area (Å²) in [4.78, 5) is 25.9. The molecule has 1 aromatic heterocycles. The summed E-state index contributed by atoms with van der Waals surface area (Å²) in [5, 5.41) is 18.9. The molecule has 1 amide bonds. The van der Waals surface area contributed by atoms with E-state index < -0.39 is 12.7 Å². The Kier molecular flexibility index (Phi) is 9.24. The summed E-state index contributed by atoms with van der Waals surface area (Å²) < 4.78 is 28.9. The lowest BCUT2D eigenvalue weighted by atomic mass is 9.88. The molecule has 0 aromatic carbocycles. The van der Waals surface area contributed by atoms with E-state index >= 15 is 0 Å². The minimum Gasteiger partial charge on any atom is -0.393 e. The van der Waals surface area contributed by atoms with Crippen molar-refractivity contribution in [2.75, 3.05) is 25.0 Å². The second kappa shape index (κ2) is 12.1. The summed E-state index contributed by atoms with van der Waals surface area (Å²) in [5.41, 5.74) is 0.262. The van der Waals surface area contributed by atoms with Crippen LogP contribution in [0, 0.1) is 5.92 Å². The van der Waals surface area contributed by atoms with Crippen LogP contribution >= 0.6 is 0 Å². The van der Waals surface area contributed by atoms with Crippen molar-refractivity contribution >= 4 is 23.9 Å². The van der Waals surface area contributed by atoms with Gasteiger partial charge in [-0.1, -0.05) is 0 Å². The third-order valence-corrected chi connectivity index (χ3v) is 5.68. The van der Waals surface area contributed by atoms with Crippen LogP contribution in [0.2, 0.25) is 0 Å². The number of carbonyl (C=O) groups excluding carboxylic acids is 1. The number of aliphatic hydroxyl groups excluding tert-OH is 1. The molecule has 178 valence electrons. The third-order valence-electron chi connectivity index (χ3n) is 5.68. The number of aromatic nitrogens is 2. The Bertz CT molecular complexity index is 768. The summed E-state index contributed by atoms with van der Waals surface area (Å²) in [7, 11) is 0. The summed E-state index contributed by atoms with van der Waals surface area (Å²) in [6.45, 7) is 0.292. The number of nitrogens with zero attached hydrogens (tertiary/aromatic N) is 3. The molecule has 4 N–H and O–H groups in total. The summed E-state index contributed by atoms with van der Waals surface area (Å²) >= 11 is 0. The molecule has 1 aliphatic carbocycles. The van der Waals surface area contributed by atoms with Crippen LogP contribution in [-0.2, 0) is 4.74 Å². The van der Waals surface area contributed by atoms with Gasteiger partial charge in [-0.3, -0.25) is 4.79 Å². The highest BCUT2D eigenvalue weighted by Gasteiger charge is 2.22. The number of aliphatic imine (C=N–C) groups is 1. The number of hydrogen-bond donors (Lipinski definition) is 4. The standard InChI is InChI=1S/C21H32F2N6O3/c1-13(12-32-20(22)23)27-21-26-11-17(19(31)28-15-6-8-24-9-7-15)18(29-21)25-10-14-2-4-16(30)5-3-14/h10-11,13-16,20,24,30H,2-9,12H2,1H3,(H,28,31)(H,26,27,29)/t13-,14?,16?/m0/s1. The highest BCUT2D eigenvalue weighted by Crippen LogP contribution is 2.25. The Hall–Kier alpha value is -2.24. The van der Waals surface area contributed by atoms with Crippen LogP contribution in [0.15, 0.2) is 11.2 Å². The molecule has 1 atom stereocenters. The van der Waals surface area contributed by atoms with Crippen LogP contribution in [0.3, 0.4) is 0 Å². The Morgan fingerprint density at radius 3 is 2.72 bits per heavy atom. The number of hydrogen-bond acceptors (Lipinski definition) is 8. The van der Waals surface area contributed by atoms with Crippen molar-refractivity contribution in [2.24, 2.45) is 10.9 Å². The van der Waals surface area contributed by atoms with Crippen LogP contribution in [0.4, 0.5) is 20.5 Å². The zero-order chi connectivity index (χ0) is 22.9. The van der Waals surface area contributed by atoms with E-state index in [1.54, 1.807) is 13.1 Å². The minimum atomic E-state index is -2.85. The maximum absolute atomic E-state index is 12.9. The maximum atomic E-state index is 12.9. The van der Waals surface area contributed by atoms with Gasteiger partial charge in [0.15, 0.2) is 5.82 Å². The Morgan fingerprint density at radius 2 is 2.03 bits per heavy atom. The van der Waals surface area contributed by atoms with Crippen molar-refractivity contribution in [2.45, 2.75) is 70.2 Å². The fourth-order valence-electron chi connectivity index (χ4n) is 3.84. The van der Waals surface area contributed by atoms with Gasteiger partial charge in [0.25, 0.3) is 5.91 Å². The number of rotatable bonds is 9. The van der Waals surface area contributed by atoms with Crippen LogP contribution in [0.25, 0.3) is 0 Å². The molecule has 11 heteroatoms. The summed E-state index contributed by atoms with van der Waals surface area (Å²) in [6, 6.07) is -0.389. The van der Waals surface area contributed by atoms with Gasteiger partial charge in [0.2, 0.25) is 5.95 Å². The number of anilines is 1. The van der Waals surface area contributed by atoms with Crippen LogP contribution in [-0.4, -0.2) is 71.7 Å². The number of ether oxygens (including phenoxy) is 1. The highest BCUT2D eigenvalue weighted by atomic mass is 19.3. The van der Waals surface area contributed by atoms with Gasteiger partial charge in [0, 0.05) is 24.5 Å². The fraction of sp³-hybridized carbons (Fsp3) is 0.714. The largest absolute Gasteiger partial charge is 0.393 e. The molecule has 0 radical (unpaired) electrons. The third kappa shape index (κ3) is 7.72. The number of aliphatic hydroxyl groups is 1. The topological polar surface area (TPSA) is 121 Å². The van der Waals surface area contributed by atoms with Crippen molar-refractivity contribution in [1.29, 1.82) is 0 Å².